The second-order valence-corrected chi connectivity index (χ2v) is 29.8. The summed E-state index contributed by atoms with van der Waals surface area (Å²) in [5, 5.41) is 8.50. The standard InChI is InChI=1S/C106H98N6O6/c1-7-11-71-115-91-63-51-85(52-64-91)109-81-39-31-75(32-40-81)107(79-47-59-89(113-5)60-48-79)76-33-43-83(44-34-76)111(87-55-67-93(68-56-87)117-73-13-9-3)105-99-27-19-21-29-101(99)106(102-30-22-20-28-100(102)105)112(88-57-69-94(70-58-88)118-74-14-10-4)84-45-37-78(38-46-84)108(80-49-61-90(114-6)62-50-80)77-35-41-82(42-36-77)110(86-53-65-92(66-54-86)116-72-12-8-2)104-97-25-17-15-23-95(97)103(109)96-24-16-18-26-98(96)104/h15-70H,7-14,71-74H2,1-6H3. The summed E-state index contributed by atoms with van der Waals surface area (Å²) in [6, 6.07) is 123. The first-order valence-electron chi connectivity index (χ1n) is 41.6. The molecule has 16 aromatic carbocycles. The van der Waals surface area contributed by atoms with E-state index in [1.165, 1.54) is 0 Å². The van der Waals surface area contributed by atoms with Crippen LogP contribution in [0.3, 0.4) is 0 Å². The summed E-state index contributed by atoms with van der Waals surface area (Å²) >= 11 is 0. The summed E-state index contributed by atoms with van der Waals surface area (Å²) in [4.78, 5) is 14.4. The van der Waals surface area contributed by atoms with Gasteiger partial charge in [-0.1, -0.05) is 150 Å². The van der Waals surface area contributed by atoms with Crippen LogP contribution in [-0.4, -0.2) is 40.6 Å². The van der Waals surface area contributed by atoms with Crippen molar-refractivity contribution in [2.45, 2.75) is 79.1 Å². The van der Waals surface area contributed by atoms with Gasteiger partial charge < -0.3 is 57.8 Å². The average molecular weight is 1550 g/mol. The van der Waals surface area contributed by atoms with Crippen molar-refractivity contribution < 1.29 is 28.4 Å². The molecule has 7 aliphatic rings. The van der Waals surface area contributed by atoms with Gasteiger partial charge in [0.15, 0.2) is 0 Å². The first-order chi connectivity index (χ1) is 58.3. The summed E-state index contributed by atoms with van der Waals surface area (Å²) in [6.45, 7) is 11.3. The van der Waals surface area contributed by atoms with Gasteiger partial charge in [-0.05, 0) is 268 Å². The fourth-order valence-corrected chi connectivity index (χ4v) is 16.2. The van der Waals surface area contributed by atoms with Crippen LogP contribution in [0, 0.1) is 0 Å². The maximum Gasteiger partial charge on any atom is 0.119 e. The normalized spacial score (nSPS) is 12.3. The SMILES string of the molecule is CCCCOc1ccc(N2c3ccc(cc3)N(c3ccc(OC)cc3)c3ccc(cc3)N(c3ccc(OCCCC)cc3)c3c4ccccc4c(c4ccccc34)N(c3ccc(OCCCC)cc3)c3ccc(cc3)N(c3ccc(OC)cc3)c3ccc(cc3)N(c3ccc(OCCCC)cc3)c3c4ccccc4c2c2ccccc32)cc1. The number of benzene rings is 16. The Morgan fingerprint density at radius 1 is 0.169 bits per heavy atom. The van der Waals surface area contributed by atoms with Gasteiger partial charge in [0, 0.05) is 123 Å². The molecule has 0 unspecified atom stereocenters. The molecule has 12 heteroatoms. The number of hydrogen-bond donors (Lipinski definition) is 0. The van der Waals surface area contributed by atoms with Gasteiger partial charge >= 0.3 is 0 Å². The van der Waals surface area contributed by atoms with Gasteiger partial charge in [0.25, 0.3) is 0 Å². The van der Waals surface area contributed by atoms with Crippen LogP contribution >= 0.6 is 0 Å². The average Bonchev–Trinajstić information content (AvgIpc) is 0.726. The van der Waals surface area contributed by atoms with Crippen molar-refractivity contribution in [1.29, 1.82) is 0 Å². The Labute approximate surface area is 693 Å². The number of anilines is 18. The van der Waals surface area contributed by atoms with E-state index in [0.29, 0.717) is 26.4 Å². The molecule has 118 heavy (non-hydrogen) atoms. The van der Waals surface area contributed by atoms with Crippen LogP contribution in [0.1, 0.15) is 79.1 Å². The molecule has 0 amide bonds. The minimum Gasteiger partial charge on any atom is -0.497 e. The molecule has 0 atom stereocenters. The van der Waals surface area contributed by atoms with Crippen LogP contribution in [0.5, 0.6) is 34.5 Å². The van der Waals surface area contributed by atoms with Gasteiger partial charge in [-0.3, -0.25) is 0 Å². The molecule has 0 fully saturated rings. The number of rotatable bonds is 24. The van der Waals surface area contributed by atoms with E-state index in [1.807, 2.05) is 24.3 Å². The predicted molar refractivity (Wildman–Crippen MR) is 493 cm³/mol. The molecule has 7 aliphatic heterocycles. The fourth-order valence-electron chi connectivity index (χ4n) is 16.2. The maximum atomic E-state index is 6.40. The number of ether oxygens (including phenoxy) is 6. The van der Waals surface area contributed by atoms with E-state index in [0.717, 1.165) is 231 Å². The van der Waals surface area contributed by atoms with Crippen LogP contribution in [0.2, 0.25) is 0 Å². The number of unbranched alkanes of at least 4 members (excludes halogenated alkanes) is 4. The Kier molecular flexibility index (Phi) is 23.1. The lowest BCUT2D eigenvalue weighted by atomic mass is 9.95. The molecule has 0 saturated carbocycles. The van der Waals surface area contributed by atoms with Crippen molar-refractivity contribution in [2.24, 2.45) is 0 Å². The van der Waals surface area contributed by atoms with Gasteiger partial charge in [0.2, 0.25) is 0 Å². The van der Waals surface area contributed by atoms with Crippen molar-refractivity contribution in [3.8, 4) is 34.5 Å². The van der Waals surface area contributed by atoms with Gasteiger partial charge in [-0.15, -0.1) is 0 Å². The monoisotopic (exact) mass is 1550 g/mol. The Hall–Kier alpha value is -13.8. The van der Waals surface area contributed by atoms with Crippen molar-refractivity contribution in [2.75, 3.05) is 70.0 Å². The minimum atomic E-state index is 0.642. The Morgan fingerprint density at radius 3 is 0.449 bits per heavy atom. The van der Waals surface area contributed by atoms with E-state index in [2.05, 4.69) is 373 Å². The Bertz CT molecular complexity index is 5250. The molecular formula is C106H98N6O6. The summed E-state index contributed by atoms with van der Waals surface area (Å²) in [5.74, 6) is 4.84. The number of fused-ring (bicyclic) bond motifs is 2. The summed E-state index contributed by atoms with van der Waals surface area (Å²) in [7, 11) is 3.43. The highest BCUT2D eigenvalue weighted by Gasteiger charge is 2.30. The quantitative estimate of drug-likeness (QED) is 0.0427. The highest BCUT2D eigenvalue weighted by Crippen LogP contribution is 2.55. The van der Waals surface area contributed by atoms with E-state index >= 15 is 0 Å². The number of hydrogen-bond acceptors (Lipinski definition) is 12. The number of methoxy groups -OCH3 is 2. The summed E-state index contributed by atoms with van der Waals surface area (Å²) in [5.41, 5.74) is 17.7. The van der Waals surface area contributed by atoms with E-state index < -0.39 is 0 Å². The van der Waals surface area contributed by atoms with Gasteiger partial charge in [-0.2, -0.15) is 0 Å². The first kappa shape index (κ1) is 76.8. The molecule has 16 aromatic rings. The first-order valence-corrected chi connectivity index (χ1v) is 41.6. The van der Waals surface area contributed by atoms with Gasteiger partial charge in [0.05, 0.1) is 63.4 Å². The fraction of sp³-hybridized carbons (Fsp3) is 0.170. The van der Waals surface area contributed by atoms with E-state index in [1.54, 1.807) is 14.2 Å². The maximum absolute atomic E-state index is 6.40. The molecular weight excluding hydrogens is 1450 g/mol. The predicted octanol–water partition coefficient (Wildman–Crippen LogP) is 30.2. The zero-order valence-electron chi connectivity index (χ0n) is 67.9. The van der Waals surface area contributed by atoms with Gasteiger partial charge in [-0.25, -0.2) is 0 Å². The van der Waals surface area contributed by atoms with Crippen molar-refractivity contribution >= 4 is 145 Å². The topological polar surface area (TPSA) is 74.8 Å². The molecule has 0 radical (unpaired) electrons. The zero-order chi connectivity index (χ0) is 80.3. The third-order valence-electron chi connectivity index (χ3n) is 22.2. The Balaban J connectivity index is 0.930. The second kappa shape index (κ2) is 35.5. The third kappa shape index (κ3) is 15.7. The molecule has 0 saturated heterocycles. The lowest BCUT2D eigenvalue weighted by Crippen LogP contribution is -2.16. The molecule has 0 spiro atoms. The minimum absolute atomic E-state index is 0.642. The van der Waals surface area contributed by atoms with Crippen LogP contribution in [0.4, 0.5) is 102 Å². The Morgan fingerprint density at radius 2 is 0.305 bits per heavy atom. The summed E-state index contributed by atoms with van der Waals surface area (Å²) < 4.78 is 37.2. The van der Waals surface area contributed by atoms with Crippen molar-refractivity contribution in [3.63, 3.8) is 0 Å². The zero-order valence-corrected chi connectivity index (χ0v) is 67.9. The lowest BCUT2D eigenvalue weighted by Gasteiger charge is -2.34. The highest BCUT2D eigenvalue weighted by molar-refractivity contribution is 6.25. The van der Waals surface area contributed by atoms with Crippen LogP contribution < -0.4 is 57.8 Å². The molecule has 588 valence electrons. The smallest absolute Gasteiger partial charge is 0.119 e. The lowest BCUT2D eigenvalue weighted by molar-refractivity contribution is 0.309. The summed E-state index contributed by atoms with van der Waals surface area (Å²) in [6.07, 6.45) is 8.03. The van der Waals surface area contributed by atoms with Crippen LogP contribution in [0.25, 0.3) is 43.1 Å². The van der Waals surface area contributed by atoms with Gasteiger partial charge in [0.1, 0.15) is 34.5 Å². The van der Waals surface area contributed by atoms with Crippen molar-refractivity contribution in [1.82, 2.24) is 0 Å². The molecule has 0 N–H and O–H groups in total. The molecule has 12 nitrogen and oxygen atoms in total. The van der Waals surface area contributed by atoms with Crippen LogP contribution in [-0.2, 0) is 0 Å². The molecule has 0 aliphatic carbocycles. The van der Waals surface area contributed by atoms with Crippen molar-refractivity contribution in [3.05, 3.63) is 340 Å². The van der Waals surface area contributed by atoms with E-state index in [4.69, 9.17) is 28.4 Å². The molecule has 7 heterocycles. The number of nitrogens with zero attached hydrogens (tertiary/aromatic N) is 6. The van der Waals surface area contributed by atoms with Crippen LogP contribution in [0.15, 0.2) is 340 Å². The largest absolute Gasteiger partial charge is 0.497 e. The third-order valence-corrected chi connectivity index (χ3v) is 22.2. The second-order valence-electron chi connectivity index (χ2n) is 29.8. The highest BCUT2D eigenvalue weighted by atomic mass is 16.5. The molecule has 12 bridgehead atoms. The van der Waals surface area contributed by atoms with E-state index in [-0.39, 0.29) is 0 Å². The van der Waals surface area contributed by atoms with E-state index in [9.17, 15) is 0 Å². The molecule has 23 rings (SSSR count). The molecule has 0 aromatic heterocycles.